The summed E-state index contributed by atoms with van der Waals surface area (Å²) in [5.74, 6) is 0. The second kappa shape index (κ2) is 6.41. The predicted molar refractivity (Wildman–Crippen MR) is 37.8 cm³/mol. The van der Waals surface area contributed by atoms with Crippen LogP contribution in [-0.4, -0.2) is 4.98 Å². The van der Waals surface area contributed by atoms with Gasteiger partial charge in [0.15, 0.2) is 0 Å². The molecule has 1 rings (SSSR count). The van der Waals surface area contributed by atoms with E-state index in [0.29, 0.717) is 0 Å². The molecule has 0 saturated heterocycles. The van der Waals surface area contributed by atoms with E-state index in [2.05, 4.69) is 11.2 Å². The van der Waals surface area contributed by atoms with Crippen molar-refractivity contribution in [1.29, 1.82) is 0 Å². The summed E-state index contributed by atoms with van der Waals surface area (Å²) in [6.07, 6.45) is 8.48. The van der Waals surface area contributed by atoms with Crippen molar-refractivity contribution in [2.75, 3.05) is 0 Å². The molecular weight excluding hydrogens is 196 g/mol. The molecular formula is C8H8NRb. The smallest absolute Gasteiger partial charge is 0.394 e. The first-order valence-corrected chi connectivity index (χ1v) is 2.88. The quantitative estimate of drug-likeness (QED) is 0.530. The Kier molecular flexibility index (Phi) is 6.85. The van der Waals surface area contributed by atoms with Crippen LogP contribution in [0.1, 0.15) is 12.5 Å². The first-order valence-electron chi connectivity index (χ1n) is 2.88. The van der Waals surface area contributed by atoms with Crippen LogP contribution in [0.2, 0.25) is 0 Å². The summed E-state index contributed by atoms with van der Waals surface area (Å²) in [5, 5.41) is 0. The van der Waals surface area contributed by atoms with Crippen molar-refractivity contribution >= 4 is 6.08 Å². The molecule has 0 radical (unpaired) electrons. The van der Waals surface area contributed by atoms with Crippen molar-refractivity contribution in [1.82, 2.24) is 4.98 Å². The molecule has 0 spiro atoms. The number of aromatic nitrogens is 1. The van der Waals surface area contributed by atoms with Gasteiger partial charge in [-0.15, -0.1) is 17.7 Å². The Balaban J connectivity index is 0.000000810. The van der Waals surface area contributed by atoms with Crippen molar-refractivity contribution in [2.45, 2.75) is 6.92 Å². The fourth-order valence-electron chi connectivity index (χ4n) is 0.622. The molecule has 10 heavy (non-hydrogen) atoms. The molecule has 0 N–H and O–H groups in total. The summed E-state index contributed by atoms with van der Waals surface area (Å²) in [7, 11) is 0. The van der Waals surface area contributed by atoms with Crippen molar-refractivity contribution in [3.63, 3.8) is 0 Å². The van der Waals surface area contributed by atoms with E-state index in [1.807, 2.05) is 31.2 Å². The van der Waals surface area contributed by atoms with Gasteiger partial charge in [0.05, 0.1) is 0 Å². The Morgan fingerprint density at radius 1 is 1.60 bits per heavy atom. The van der Waals surface area contributed by atoms with Crippen molar-refractivity contribution < 1.29 is 58.2 Å². The molecule has 1 nitrogen and oxygen atoms in total. The number of pyridine rings is 1. The topological polar surface area (TPSA) is 12.9 Å². The van der Waals surface area contributed by atoms with Crippen LogP contribution in [-0.2, 0) is 0 Å². The molecule has 0 aliphatic rings. The van der Waals surface area contributed by atoms with Crippen molar-refractivity contribution in [3.05, 3.63) is 36.2 Å². The normalized spacial score (nSPS) is 9.30. The zero-order valence-corrected chi connectivity index (χ0v) is 11.3. The van der Waals surface area contributed by atoms with Gasteiger partial charge >= 0.3 is 58.2 Å². The second-order valence-corrected chi connectivity index (χ2v) is 1.72. The van der Waals surface area contributed by atoms with E-state index in [4.69, 9.17) is 0 Å². The van der Waals surface area contributed by atoms with E-state index >= 15 is 0 Å². The van der Waals surface area contributed by atoms with Gasteiger partial charge in [-0.05, 0) is 6.92 Å². The van der Waals surface area contributed by atoms with Gasteiger partial charge in [-0.3, -0.25) is 0 Å². The average molecular weight is 204 g/mol. The van der Waals surface area contributed by atoms with Crippen LogP contribution in [0.4, 0.5) is 0 Å². The Morgan fingerprint density at radius 2 is 2.40 bits per heavy atom. The second-order valence-electron chi connectivity index (χ2n) is 1.72. The van der Waals surface area contributed by atoms with Gasteiger partial charge in [0.25, 0.3) is 0 Å². The molecule has 46 valence electrons. The van der Waals surface area contributed by atoms with Gasteiger partial charge in [0, 0.05) is 0 Å². The van der Waals surface area contributed by atoms with Crippen LogP contribution in [0.3, 0.4) is 0 Å². The number of hydrogen-bond acceptors (Lipinski definition) is 1. The van der Waals surface area contributed by atoms with E-state index in [1.54, 1.807) is 6.20 Å². The van der Waals surface area contributed by atoms with Gasteiger partial charge < -0.3 is 4.98 Å². The number of hydrogen-bond donors (Lipinski definition) is 0. The first kappa shape index (κ1) is 10.7. The van der Waals surface area contributed by atoms with E-state index in [-0.39, 0.29) is 58.2 Å². The average Bonchev–Trinajstić information content (AvgIpc) is 1.91. The van der Waals surface area contributed by atoms with Gasteiger partial charge in [0.2, 0.25) is 0 Å². The molecule has 2 heteroatoms. The summed E-state index contributed by atoms with van der Waals surface area (Å²) in [5.41, 5.74) is 1.15. The molecule has 0 unspecified atom stereocenters. The van der Waals surface area contributed by atoms with Gasteiger partial charge in [-0.25, -0.2) is 0 Å². The summed E-state index contributed by atoms with van der Waals surface area (Å²) in [6.45, 7) is 1.99. The third kappa shape index (κ3) is 3.76. The van der Waals surface area contributed by atoms with Crippen LogP contribution < -0.4 is 58.2 Å². The fraction of sp³-hybridized carbons (Fsp3) is 0.125. The molecule has 0 aliphatic carbocycles. The monoisotopic (exact) mass is 203 g/mol. The summed E-state index contributed by atoms with van der Waals surface area (Å²) < 4.78 is 0. The molecule has 0 saturated carbocycles. The molecule has 0 fully saturated rings. The van der Waals surface area contributed by atoms with Crippen LogP contribution in [0, 0.1) is 6.20 Å². The molecule has 1 aromatic heterocycles. The molecule has 0 bridgehead atoms. The summed E-state index contributed by atoms with van der Waals surface area (Å²) >= 11 is 0. The molecule has 0 aromatic carbocycles. The van der Waals surface area contributed by atoms with E-state index in [0.717, 1.165) is 5.56 Å². The van der Waals surface area contributed by atoms with Crippen molar-refractivity contribution in [2.24, 2.45) is 0 Å². The van der Waals surface area contributed by atoms with Gasteiger partial charge in [-0.1, -0.05) is 18.5 Å². The first-order chi connectivity index (χ1) is 4.43. The third-order valence-corrected chi connectivity index (χ3v) is 1.01. The number of nitrogens with zero attached hydrogens (tertiary/aromatic N) is 1. The van der Waals surface area contributed by atoms with Gasteiger partial charge in [-0.2, -0.15) is 6.07 Å². The molecule has 1 aromatic rings. The van der Waals surface area contributed by atoms with E-state index in [9.17, 15) is 0 Å². The predicted octanol–water partition coefficient (Wildman–Crippen LogP) is -1.08. The maximum absolute atomic E-state index is 3.77. The Hall–Kier alpha value is 0.695. The van der Waals surface area contributed by atoms with Crippen LogP contribution in [0.15, 0.2) is 24.4 Å². The Labute approximate surface area is 110 Å². The molecule has 1 heterocycles. The van der Waals surface area contributed by atoms with Crippen LogP contribution in [0.5, 0.6) is 0 Å². The maximum atomic E-state index is 3.77. The largest absolute Gasteiger partial charge is 1.00 e. The standard InChI is InChI=1S/C8H8N.Rb/c1-2-3-8-4-6-9-7-5-8;/h2-6H,1H3;/q-1;+1/b3-2+;. The fourth-order valence-corrected chi connectivity index (χ4v) is 0.622. The molecule has 0 atom stereocenters. The van der Waals surface area contributed by atoms with Crippen molar-refractivity contribution in [3.8, 4) is 0 Å². The van der Waals surface area contributed by atoms with Crippen LogP contribution in [0.25, 0.3) is 6.08 Å². The Bertz CT molecular complexity index is 194. The maximum Gasteiger partial charge on any atom is 1.00 e. The van der Waals surface area contributed by atoms with Gasteiger partial charge in [0.1, 0.15) is 0 Å². The molecule has 0 amide bonds. The third-order valence-electron chi connectivity index (χ3n) is 1.01. The van der Waals surface area contributed by atoms with E-state index in [1.165, 1.54) is 0 Å². The summed E-state index contributed by atoms with van der Waals surface area (Å²) in [6, 6.07) is 3.79. The minimum atomic E-state index is 0. The zero-order chi connectivity index (χ0) is 6.53. The zero-order valence-electron chi connectivity index (χ0n) is 6.33. The SMILES string of the molecule is C/C=C/c1c[c-]ncc1.[Rb+]. The minimum Gasteiger partial charge on any atom is -0.394 e. The molecule has 0 aliphatic heterocycles. The summed E-state index contributed by atoms with van der Waals surface area (Å²) in [4.78, 5) is 3.77. The Morgan fingerprint density at radius 3 is 2.90 bits per heavy atom. The van der Waals surface area contributed by atoms with E-state index < -0.39 is 0 Å². The van der Waals surface area contributed by atoms with Crippen LogP contribution >= 0.6 is 0 Å². The minimum absolute atomic E-state index is 0. The number of allylic oxidation sites excluding steroid dienone is 1. The number of rotatable bonds is 1.